The van der Waals surface area contributed by atoms with E-state index in [4.69, 9.17) is 10.5 Å². The third-order valence-electron chi connectivity index (χ3n) is 4.48. The van der Waals surface area contributed by atoms with Crippen LogP contribution in [-0.2, 0) is 19.4 Å². The second-order valence-electron chi connectivity index (χ2n) is 6.83. The van der Waals surface area contributed by atoms with Gasteiger partial charge in [0.15, 0.2) is 16.4 Å². The van der Waals surface area contributed by atoms with Crippen LogP contribution in [0.2, 0.25) is 0 Å². The summed E-state index contributed by atoms with van der Waals surface area (Å²) in [6.07, 6.45) is 0.390. The van der Waals surface area contributed by atoms with Gasteiger partial charge < -0.3 is 15.8 Å². The van der Waals surface area contributed by atoms with Crippen molar-refractivity contribution in [1.82, 2.24) is 9.78 Å². The van der Waals surface area contributed by atoms with Crippen molar-refractivity contribution >= 4 is 38.9 Å². The Morgan fingerprint density at radius 2 is 2.13 bits per heavy atom. The lowest BCUT2D eigenvalue weighted by molar-refractivity contribution is -0.384. The van der Waals surface area contributed by atoms with Crippen LogP contribution in [0.3, 0.4) is 0 Å². The van der Waals surface area contributed by atoms with Crippen molar-refractivity contribution in [2.45, 2.75) is 19.4 Å². The second-order valence-corrected chi connectivity index (χ2v) is 9.05. The number of hydrogen-bond donors (Lipinski definition) is 2. The molecule has 0 spiro atoms. The number of sulfone groups is 1. The topological polar surface area (TPSA) is 177 Å². The van der Waals surface area contributed by atoms with Crippen LogP contribution in [0.4, 0.5) is 17.2 Å². The van der Waals surface area contributed by atoms with E-state index in [1.54, 1.807) is 13.0 Å². The van der Waals surface area contributed by atoms with Gasteiger partial charge >= 0.3 is 5.97 Å². The number of nitrogens with zero attached hydrogens (tertiary/aromatic N) is 3. The Balaban J connectivity index is 1.63. The Bertz CT molecular complexity index is 1130. The lowest BCUT2D eigenvalue weighted by Crippen LogP contribution is -2.24. The molecule has 0 saturated carbocycles. The van der Waals surface area contributed by atoms with Gasteiger partial charge in [0.2, 0.25) is 0 Å². The number of nitro benzene ring substituents is 1. The minimum Gasteiger partial charge on any atom is -0.452 e. The molecule has 2 aromatic rings. The third-order valence-corrected chi connectivity index (χ3v) is 6.23. The van der Waals surface area contributed by atoms with E-state index in [9.17, 15) is 28.1 Å². The quantitative estimate of drug-likeness (QED) is 0.287. The molecule has 13 heteroatoms. The molecule has 1 aliphatic rings. The predicted molar refractivity (Wildman–Crippen MR) is 106 cm³/mol. The third kappa shape index (κ3) is 4.74. The summed E-state index contributed by atoms with van der Waals surface area (Å²) in [4.78, 5) is 34.4. The van der Waals surface area contributed by atoms with Crippen molar-refractivity contribution in [3.8, 4) is 0 Å². The Morgan fingerprint density at radius 1 is 1.40 bits per heavy atom. The van der Waals surface area contributed by atoms with E-state index in [0.29, 0.717) is 17.9 Å². The fourth-order valence-corrected chi connectivity index (χ4v) is 4.79. The van der Waals surface area contributed by atoms with Gasteiger partial charge in [-0.2, -0.15) is 5.10 Å². The number of nitrogens with two attached hydrogens (primary N) is 1. The van der Waals surface area contributed by atoms with Crippen LogP contribution in [0.25, 0.3) is 0 Å². The number of carbonyl (C=O) groups is 2. The first-order valence-electron chi connectivity index (χ1n) is 8.83. The van der Waals surface area contributed by atoms with E-state index in [-0.39, 0.29) is 34.5 Å². The van der Waals surface area contributed by atoms with Gasteiger partial charge in [-0.05, 0) is 19.4 Å². The first-order chi connectivity index (χ1) is 14.1. The van der Waals surface area contributed by atoms with E-state index in [1.165, 1.54) is 4.68 Å². The van der Waals surface area contributed by atoms with Crippen LogP contribution in [0.15, 0.2) is 24.3 Å². The van der Waals surface area contributed by atoms with E-state index < -0.39 is 33.2 Å². The summed E-state index contributed by atoms with van der Waals surface area (Å²) < 4.78 is 29.8. The SMILES string of the molecule is Cc1cc(NC(=O)COC(=O)c2ccc([N+](=O)[O-])cc2N)n(C2CCS(=O)(=O)C2)n1. The van der Waals surface area contributed by atoms with Crippen LogP contribution < -0.4 is 11.1 Å². The number of aromatic nitrogens is 2. The molecule has 2 heterocycles. The normalized spacial score (nSPS) is 17.4. The molecule has 1 unspecified atom stereocenters. The number of anilines is 2. The summed E-state index contributed by atoms with van der Waals surface area (Å²) in [6, 6.07) is 4.46. The molecule has 1 fully saturated rings. The van der Waals surface area contributed by atoms with E-state index in [0.717, 1.165) is 18.2 Å². The molecule has 0 aliphatic carbocycles. The number of amides is 1. The Kier molecular flexibility index (Phi) is 5.73. The summed E-state index contributed by atoms with van der Waals surface area (Å²) in [5.41, 5.74) is 5.69. The zero-order chi connectivity index (χ0) is 22.1. The number of benzene rings is 1. The zero-order valence-electron chi connectivity index (χ0n) is 15.9. The Morgan fingerprint density at radius 3 is 2.73 bits per heavy atom. The van der Waals surface area contributed by atoms with Crippen LogP contribution in [0.1, 0.15) is 28.5 Å². The number of esters is 1. The van der Waals surface area contributed by atoms with E-state index in [2.05, 4.69) is 10.4 Å². The molecule has 0 radical (unpaired) electrons. The fraction of sp³-hybridized carbons (Fsp3) is 0.353. The number of nitrogen functional groups attached to an aromatic ring is 1. The molecule has 1 amide bonds. The van der Waals surface area contributed by atoms with Gasteiger partial charge in [-0.15, -0.1) is 0 Å². The number of nitrogens with one attached hydrogen (secondary N) is 1. The average molecular weight is 437 g/mol. The fourth-order valence-electron chi connectivity index (χ4n) is 3.09. The molecule has 1 aromatic carbocycles. The maximum absolute atomic E-state index is 12.2. The smallest absolute Gasteiger partial charge is 0.340 e. The number of rotatable bonds is 6. The van der Waals surface area contributed by atoms with Crippen molar-refractivity contribution in [2.24, 2.45) is 0 Å². The largest absolute Gasteiger partial charge is 0.452 e. The van der Waals surface area contributed by atoms with Crippen molar-refractivity contribution in [3.63, 3.8) is 0 Å². The zero-order valence-corrected chi connectivity index (χ0v) is 16.7. The van der Waals surface area contributed by atoms with Crippen LogP contribution in [-0.4, -0.2) is 53.1 Å². The van der Waals surface area contributed by atoms with Crippen LogP contribution >= 0.6 is 0 Å². The van der Waals surface area contributed by atoms with Crippen LogP contribution in [0.5, 0.6) is 0 Å². The van der Waals surface area contributed by atoms with Crippen molar-refractivity contribution < 1.29 is 27.7 Å². The summed E-state index contributed by atoms with van der Waals surface area (Å²) in [5.74, 6) is -1.29. The van der Waals surface area contributed by atoms with Gasteiger partial charge in [0.1, 0.15) is 5.82 Å². The maximum atomic E-state index is 12.2. The molecule has 1 aromatic heterocycles. The highest BCUT2D eigenvalue weighted by Crippen LogP contribution is 2.27. The molecule has 1 aliphatic heterocycles. The second kappa shape index (κ2) is 8.10. The lowest BCUT2D eigenvalue weighted by Gasteiger charge is -2.14. The number of non-ortho nitro benzene ring substituents is 1. The number of carbonyl (C=O) groups excluding carboxylic acids is 2. The van der Waals surface area contributed by atoms with E-state index >= 15 is 0 Å². The van der Waals surface area contributed by atoms with Gasteiger partial charge in [-0.25, -0.2) is 17.9 Å². The van der Waals surface area contributed by atoms with Gasteiger partial charge in [-0.3, -0.25) is 14.9 Å². The molecule has 3 N–H and O–H groups in total. The summed E-state index contributed by atoms with van der Waals surface area (Å²) in [7, 11) is -3.14. The maximum Gasteiger partial charge on any atom is 0.340 e. The van der Waals surface area contributed by atoms with Crippen molar-refractivity contribution in [2.75, 3.05) is 29.2 Å². The van der Waals surface area contributed by atoms with Crippen LogP contribution in [0, 0.1) is 17.0 Å². The van der Waals surface area contributed by atoms with Crippen molar-refractivity contribution in [3.05, 3.63) is 45.6 Å². The molecule has 3 rings (SSSR count). The minimum atomic E-state index is -3.14. The predicted octanol–water partition coefficient (Wildman–Crippen LogP) is 0.837. The Hall–Kier alpha value is -3.48. The average Bonchev–Trinajstić information content (AvgIpc) is 3.20. The highest BCUT2D eigenvalue weighted by molar-refractivity contribution is 7.91. The standard InChI is InChI=1S/C17H19N5O7S/c1-10-6-15(21(20-10)12-4-5-30(27,28)9-12)19-16(23)8-29-17(24)13-3-2-11(22(25)26)7-14(13)18/h2-3,6-7,12H,4-5,8-9,18H2,1H3,(H,19,23). The molecule has 0 bridgehead atoms. The van der Waals surface area contributed by atoms with Gasteiger partial charge in [0, 0.05) is 18.2 Å². The number of aryl methyl sites for hydroxylation is 1. The molecule has 12 nitrogen and oxygen atoms in total. The summed E-state index contributed by atoms with van der Waals surface area (Å²) >= 11 is 0. The van der Waals surface area contributed by atoms with Gasteiger partial charge in [-0.1, -0.05) is 0 Å². The minimum absolute atomic E-state index is 0.0538. The molecule has 1 atom stereocenters. The molecule has 30 heavy (non-hydrogen) atoms. The number of nitro groups is 1. The molecular weight excluding hydrogens is 418 g/mol. The van der Waals surface area contributed by atoms with Gasteiger partial charge in [0.05, 0.1) is 39.4 Å². The highest BCUT2D eigenvalue weighted by Gasteiger charge is 2.31. The lowest BCUT2D eigenvalue weighted by atomic mass is 10.1. The molecule has 1 saturated heterocycles. The summed E-state index contributed by atoms with van der Waals surface area (Å²) in [6.45, 7) is 1.06. The van der Waals surface area contributed by atoms with E-state index in [1.807, 2.05) is 0 Å². The number of hydrogen-bond acceptors (Lipinski definition) is 9. The van der Waals surface area contributed by atoms with Crippen molar-refractivity contribution in [1.29, 1.82) is 0 Å². The summed E-state index contributed by atoms with van der Waals surface area (Å²) in [5, 5.41) is 17.5. The Labute approximate surface area is 171 Å². The highest BCUT2D eigenvalue weighted by atomic mass is 32.2. The first kappa shape index (κ1) is 21.2. The van der Waals surface area contributed by atoms with Gasteiger partial charge in [0.25, 0.3) is 11.6 Å². The molecule has 160 valence electrons. The molecular formula is C17H19N5O7S. The number of ether oxygens (including phenoxy) is 1. The first-order valence-corrected chi connectivity index (χ1v) is 10.7. The monoisotopic (exact) mass is 437 g/mol.